The molecule has 2 N–H and O–H groups in total. The molecule has 32 heavy (non-hydrogen) atoms. The number of aromatic nitrogens is 2. The molecule has 1 aromatic heterocycles. The van der Waals surface area contributed by atoms with Crippen LogP contribution in [-0.4, -0.2) is 35.9 Å². The van der Waals surface area contributed by atoms with Crippen LogP contribution in [0.5, 0.6) is 11.5 Å². The van der Waals surface area contributed by atoms with Crippen molar-refractivity contribution in [3.63, 3.8) is 0 Å². The molecule has 1 aliphatic rings. The molecule has 1 aliphatic heterocycles. The Hall–Kier alpha value is -2.89. The maximum atomic E-state index is 13.4. The van der Waals surface area contributed by atoms with Crippen molar-refractivity contribution in [1.29, 1.82) is 0 Å². The molecule has 2 aromatic carbocycles. The molecular formula is C22H25FIN5O3. The van der Waals surface area contributed by atoms with Gasteiger partial charge in [0, 0.05) is 24.7 Å². The quantitative estimate of drug-likeness (QED) is 0.270. The number of hydrogen-bond acceptors (Lipinski definition) is 6. The summed E-state index contributed by atoms with van der Waals surface area (Å²) in [6.07, 6.45) is 1.48. The minimum absolute atomic E-state index is 0. The van der Waals surface area contributed by atoms with Gasteiger partial charge in [-0.1, -0.05) is 17.3 Å². The van der Waals surface area contributed by atoms with Crippen LogP contribution >= 0.6 is 24.0 Å². The minimum atomic E-state index is -0.247. The van der Waals surface area contributed by atoms with E-state index in [1.54, 1.807) is 13.0 Å². The number of hydrogen-bond donors (Lipinski definition) is 2. The molecule has 0 saturated carbocycles. The number of halogens is 2. The topological polar surface area (TPSA) is 93.8 Å². The zero-order valence-corrected chi connectivity index (χ0v) is 20.0. The largest absolute Gasteiger partial charge is 0.490 e. The van der Waals surface area contributed by atoms with Gasteiger partial charge in [-0.15, -0.1) is 24.0 Å². The predicted molar refractivity (Wildman–Crippen MR) is 129 cm³/mol. The lowest BCUT2D eigenvalue weighted by atomic mass is 10.1. The normalized spacial score (nSPS) is 13.1. The number of nitrogens with zero attached hydrogens (tertiary/aromatic N) is 3. The number of fused-ring (bicyclic) bond motifs is 1. The van der Waals surface area contributed by atoms with Gasteiger partial charge in [-0.05, 0) is 43.2 Å². The van der Waals surface area contributed by atoms with E-state index in [1.807, 2.05) is 24.3 Å². The van der Waals surface area contributed by atoms with E-state index in [2.05, 4.69) is 25.8 Å². The second kappa shape index (κ2) is 11.7. The zero-order valence-electron chi connectivity index (χ0n) is 17.6. The molecule has 3 aromatic rings. The Labute approximate surface area is 202 Å². The highest BCUT2D eigenvalue weighted by molar-refractivity contribution is 14.0. The molecule has 10 heteroatoms. The lowest BCUT2D eigenvalue weighted by Gasteiger charge is -2.14. The van der Waals surface area contributed by atoms with Crippen molar-refractivity contribution in [2.45, 2.75) is 26.3 Å². The van der Waals surface area contributed by atoms with E-state index in [9.17, 15) is 4.39 Å². The van der Waals surface area contributed by atoms with Crippen LogP contribution < -0.4 is 20.1 Å². The highest BCUT2D eigenvalue weighted by Gasteiger charge is 2.12. The first-order chi connectivity index (χ1) is 15.2. The maximum absolute atomic E-state index is 13.4. The summed E-state index contributed by atoms with van der Waals surface area (Å²) in [7, 11) is 0. The van der Waals surface area contributed by atoms with Crippen molar-refractivity contribution in [3.05, 3.63) is 65.6 Å². The van der Waals surface area contributed by atoms with Crippen LogP contribution in [0.15, 0.2) is 52.0 Å². The Morgan fingerprint density at radius 3 is 2.75 bits per heavy atom. The van der Waals surface area contributed by atoms with Crippen LogP contribution in [0, 0.1) is 12.7 Å². The van der Waals surface area contributed by atoms with Crippen LogP contribution in [-0.2, 0) is 13.0 Å². The Bertz CT molecular complexity index is 1060. The van der Waals surface area contributed by atoms with Gasteiger partial charge in [0.25, 0.3) is 0 Å². The summed E-state index contributed by atoms with van der Waals surface area (Å²) in [4.78, 5) is 8.71. The third-order valence-corrected chi connectivity index (χ3v) is 4.55. The van der Waals surface area contributed by atoms with Crippen LogP contribution in [0.4, 0.5) is 10.1 Å². The Kier molecular flexibility index (Phi) is 8.65. The SMILES string of the molecule is Cc1noc(CN=C(NCCc2cccc(F)c2)Nc2ccc3c(c2)OCCCO3)n1.I. The highest BCUT2D eigenvalue weighted by atomic mass is 127. The summed E-state index contributed by atoms with van der Waals surface area (Å²) in [5, 5.41) is 10.3. The molecular weight excluding hydrogens is 528 g/mol. The fourth-order valence-electron chi connectivity index (χ4n) is 3.09. The number of nitrogens with one attached hydrogen (secondary N) is 2. The van der Waals surface area contributed by atoms with Crippen LogP contribution in [0.25, 0.3) is 0 Å². The van der Waals surface area contributed by atoms with Gasteiger partial charge in [-0.2, -0.15) is 4.98 Å². The van der Waals surface area contributed by atoms with E-state index >= 15 is 0 Å². The summed E-state index contributed by atoms with van der Waals surface area (Å²) >= 11 is 0. The van der Waals surface area contributed by atoms with Gasteiger partial charge in [0.1, 0.15) is 12.4 Å². The first-order valence-electron chi connectivity index (χ1n) is 10.1. The molecule has 0 saturated heterocycles. The standard InChI is InChI=1S/C22H24FN5O3.HI/c1-15-26-21(31-28-15)14-25-22(24-9-8-16-4-2-5-17(23)12-16)27-18-6-7-19-20(13-18)30-11-3-10-29-19;/h2,4-7,12-13H,3,8-11,14H2,1H3,(H2,24,25,27);1H. The van der Waals surface area contributed by atoms with Crippen molar-refractivity contribution >= 4 is 35.6 Å². The molecule has 0 aliphatic carbocycles. The number of guanidine groups is 1. The number of aliphatic imine (C=N–C) groups is 1. The molecule has 0 fully saturated rings. The highest BCUT2D eigenvalue weighted by Crippen LogP contribution is 2.32. The minimum Gasteiger partial charge on any atom is -0.490 e. The van der Waals surface area contributed by atoms with Gasteiger partial charge in [-0.3, -0.25) is 0 Å². The van der Waals surface area contributed by atoms with Crippen LogP contribution in [0.1, 0.15) is 23.7 Å². The van der Waals surface area contributed by atoms with Gasteiger partial charge < -0.3 is 24.6 Å². The lowest BCUT2D eigenvalue weighted by molar-refractivity contribution is 0.297. The van der Waals surface area contributed by atoms with E-state index in [0.29, 0.717) is 49.6 Å². The number of benzene rings is 2. The molecule has 0 radical (unpaired) electrons. The molecule has 8 nitrogen and oxygen atoms in total. The molecule has 0 bridgehead atoms. The molecule has 4 rings (SSSR count). The van der Waals surface area contributed by atoms with Crippen LogP contribution in [0.2, 0.25) is 0 Å². The van der Waals surface area contributed by atoms with Crippen molar-refractivity contribution in [3.8, 4) is 11.5 Å². The summed E-state index contributed by atoms with van der Waals surface area (Å²) in [6.45, 7) is 3.78. The molecule has 0 atom stereocenters. The number of anilines is 1. The number of ether oxygens (including phenoxy) is 2. The van der Waals surface area contributed by atoms with Gasteiger partial charge >= 0.3 is 0 Å². The average molecular weight is 553 g/mol. The van der Waals surface area contributed by atoms with E-state index < -0.39 is 0 Å². The fourth-order valence-corrected chi connectivity index (χ4v) is 3.09. The Morgan fingerprint density at radius 1 is 1.12 bits per heavy atom. The Balaban J connectivity index is 0.00000289. The first-order valence-corrected chi connectivity index (χ1v) is 10.1. The van der Waals surface area contributed by atoms with E-state index in [1.165, 1.54) is 12.1 Å². The molecule has 0 spiro atoms. The van der Waals surface area contributed by atoms with Gasteiger partial charge in [0.15, 0.2) is 23.3 Å². The maximum Gasteiger partial charge on any atom is 0.248 e. The molecule has 0 amide bonds. The average Bonchev–Trinajstić information content (AvgIpc) is 3.03. The van der Waals surface area contributed by atoms with E-state index in [4.69, 9.17) is 14.0 Å². The summed E-state index contributed by atoms with van der Waals surface area (Å²) in [6, 6.07) is 12.2. The lowest BCUT2D eigenvalue weighted by Crippen LogP contribution is -2.32. The smallest absolute Gasteiger partial charge is 0.248 e. The summed E-state index contributed by atoms with van der Waals surface area (Å²) in [5.41, 5.74) is 1.69. The van der Waals surface area contributed by atoms with Crippen molar-refractivity contribution in [2.24, 2.45) is 4.99 Å². The van der Waals surface area contributed by atoms with Gasteiger partial charge in [0.2, 0.25) is 5.89 Å². The van der Waals surface area contributed by atoms with Gasteiger partial charge in [0.05, 0.1) is 13.2 Å². The molecule has 0 unspecified atom stereocenters. The number of rotatable bonds is 6. The number of aryl methyl sites for hydroxylation is 1. The summed E-state index contributed by atoms with van der Waals surface area (Å²) in [5.74, 6) is 2.67. The summed E-state index contributed by atoms with van der Waals surface area (Å²) < 4.78 is 30.0. The molecule has 2 heterocycles. The first kappa shape index (κ1) is 23.8. The van der Waals surface area contributed by atoms with E-state index in [-0.39, 0.29) is 36.3 Å². The third kappa shape index (κ3) is 6.81. The molecule has 170 valence electrons. The van der Waals surface area contributed by atoms with Crippen LogP contribution in [0.3, 0.4) is 0 Å². The Morgan fingerprint density at radius 2 is 1.97 bits per heavy atom. The zero-order chi connectivity index (χ0) is 21.5. The van der Waals surface area contributed by atoms with Crippen molar-refractivity contribution in [1.82, 2.24) is 15.5 Å². The predicted octanol–water partition coefficient (Wildman–Crippen LogP) is 4.10. The second-order valence-corrected chi connectivity index (χ2v) is 7.04. The third-order valence-electron chi connectivity index (χ3n) is 4.55. The van der Waals surface area contributed by atoms with Crippen molar-refractivity contribution < 1.29 is 18.4 Å². The second-order valence-electron chi connectivity index (χ2n) is 7.04. The fraction of sp³-hybridized carbons (Fsp3) is 0.318. The monoisotopic (exact) mass is 553 g/mol. The van der Waals surface area contributed by atoms with Crippen molar-refractivity contribution in [2.75, 3.05) is 25.1 Å². The van der Waals surface area contributed by atoms with E-state index in [0.717, 1.165) is 23.4 Å². The van der Waals surface area contributed by atoms with Gasteiger partial charge in [-0.25, -0.2) is 9.38 Å².